The molecule has 30 heavy (non-hydrogen) atoms. The molecule has 0 saturated carbocycles. The SMILES string of the molecule is Cc1cc(C)nc(NNC(=O)c2ccccc2-c2ncc(-c3ccc(F)cc3)o2)n1. The van der Waals surface area contributed by atoms with Crippen LogP contribution < -0.4 is 10.9 Å². The lowest BCUT2D eigenvalue weighted by molar-refractivity contribution is 0.0962. The van der Waals surface area contributed by atoms with Gasteiger partial charge in [0.2, 0.25) is 11.8 Å². The van der Waals surface area contributed by atoms with E-state index in [0.29, 0.717) is 28.4 Å². The van der Waals surface area contributed by atoms with Crippen molar-refractivity contribution in [3.8, 4) is 22.8 Å². The lowest BCUT2D eigenvalue weighted by atomic mass is 10.1. The van der Waals surface area contributed by atoms with Crippen LogP contribution in [0.25, 0.3) is 22.8 Å². The van der Waals surface area contributed by atoms with Gasteiger partial charge in [-0.15, -0.1) is 0 Å². The first-order chi connectivity index (χ1) is 14.5. The summed E-state index contributed by atoms with van der Waals surface area (Å²) in [6.45, 7) is 3.69. The highest BCUT2D eigenvalue weighted by atomic mass is 19.1. The first kappa shape index (κ1) is 19.3. The number of carbonyl (C=O) groups excluding carboxylic acids is 1. The summed E-state index contributed by atoms with van der Waals surface area (Å²) in [5, 5.41) is 0. The van der Waals surface area contributed by atoms with Crippen LogP contribution in [-0.2, 0) is 0 Å². The number of rotatable bonds is 5. The maximum Gasteiger partial charge on any atom is 0.270 e. The van der Waals surface area contributed by atoms with Crippen LogP contribution in [0, 0.1) is 19.7 Å². The third-order valence-electron chi connectivity index (χ3n) is 4.31. The van der Waals surface area contributed by atoms with E-state index in [1.807, 2.05) is 19.9 Å². The second-order valence-corrected chi connectivity index (χ2v) is 6.64. The summed E-state index contributed by atoms with van der Waals surface area (Å²) in [5.74, 6) is 0.327. The third kappa shape index (κ3) is 4.17. The maximum absolute atomic E-state index is 13.1. The molecule has 0 bridgehead atoms. The number of benzene rings is 2. The van der Waals surface area contributed by atoms with Crippen LogP contribution in [0.15, 0.2) is 65.2 Å². The van der Waals surface area contributed by atoms with Crippen LogP contribution in [-0.4, -0.2) is 20.9 Å². The summed E-state index contributed by atoms with van der Waals surface area (Å²) in [5.41, 5.74) is 8.47. The van der Waals surface area contributed by atoms with Gasteiger partial charge in [0, 0.05) is 22.5 Å². The van der Waals surface area contributed by atoms with Gasteiger partial charge in [-0.1, -0.05) is 12.1 Å². The van der Waals surface area contributed by atoms with Crippen LogP contribution >= 0.6 is 0 Å². The molecule has 150 valence electrons. The molecule has 7 nitrogen and oxygen atoms in total. The van der Waals surface area contributed by atoms with Gasteiger partial charge in [-0.3, -0.25) is 15.6 Å². The molecule has 2 aromatic carbocycles. The maximum atomic E-state index is 13.1. The molecule has 4 aromatic rings. The molecule has 0 fully saturated rings. The van der Waals surface area contributed by atoms with Crippen molar-refractivity contribution in [2.24, 2.45) is 0 Å². The molecule has 2 aromatic heterocycles. The van der Waals surface area contributed by atoms with Crippen molar-refractivity contribution in [3.05, 3.63) is 83.6 Å². The Kier molecular flexibility index (Phi) is 5.21. The van der Waals surface area contributed by atoms with Crippen LogP contribution in [0.1, 0.15) is 21.7 Å². The molecule has 0 saturated heterocycles. The molecule has 0 unspecified atom stereocenters. The van der Waals surface area contributed by atoms with Gasteiger partial charge in [0.25, 0.3) is 5.91 Å². The highest BCUT2D eigenvalue weighted by Crippen LogP contribution is 2.28. The quantitative estimate of drug-likeness (QED) is 0.482. The minimum atomic E-state index is -0.394. The molecule has 0 radical (unpaired) electrons. The van der Waals surface area contributed by atoms with Crippen molar-refractivity contribution in [2.75, 3.05) is 5.43 Å². The average molecular weight is 403 g/mol. The van der Waals surface area contributed by atoms with Crippen LogP contribution in [0.3, 0.4) is 0 Å². The van der Waals surface area contributed by atoms with E-state index in [1.54, 1.807) is 42.6 Å². The van der Waals surface area contributed by atoms with Gasteiger partial charge < -0.3 is 4.42 Å². The molecule has 0 aliphatic heterocycles. The molecule has 1 amide bonds. The minimum absolute atomic E-state index is 0.280. The minimum Gasteiger partial charge on any atom is -0.436 e. The zero-order chi connectivity index (χ0) is 21.1. The number of nitrogens with zero attached hydrogens (tertiary/aromatic N) is 3. The number of oxazole rings is 1. The number of hydrogen-bond acceptors (Lipinski definition) is 6. The highest BCUT2D eigenvalue weighted by molar-refractivity contribution is 6.00. The molecule has 2 heterocycles. The molecule has 0 atom stereocenters. The lowest BCUT2D eigenvalue weighted by Gasteiger charge is -2.10. The zero-order valence-corrected chi connectivity index (χ0v) is 16.3. The van der Waals surface area contributed by atoms with Gasteiger partial charge in [-0.2, -0.15) is 0 Å². The van der Waals surface area contributed by atoms with E-state index in [0.717, 1.165) is 11.4 Å². The first-order valence-electron chi connectivity index (χ1n) is 9.19. The molecular weight excluding hydrogens is 385 g/mol. The van der Waals surface area contributed by atoms with E-state index in [1.165, 1.54) is 12.1 Å². The number of aryl methyl sites for hydroxylation is 2. The van der Waals surface area contributed by atoms with Crippen LogP contribution in [0.4, 0.5) is 10.3 Å². The molecule has 2 N–H and O–H groups in total. The Morgan fingerprint density at radius 1 is 1.00 bits per heavy atom. The largest absolute Gasteiger partial charge is 0.436 e. The van der Waals surface area contributed by atoms with Gasteiger partial charge >= 0.3 is 0 Å². The van der Waals surface area contributed by atoms with Crippen molar-refractivity contribution in [3.63, 3.8) is 0 Å². The number of hydrazine groups is 1. The van der Waals surface area contributed by atoms with Crippen molar-refractivity contribution < 1.29 is 13.6 Å². The van der Waals surface area contributed by atoms with Crippen molar-refractivity contribution in [2.45, 2.75) is 13.8 Å². The number of hydrogen-bond donors (Lipinski definition) is 2. The smallest absolute Gasteiger partial charge is 0.270 e. The predicted molar refractivity (Wildman–Crippen MR) is 110 cm³/mol. The summed E-state index contributed by atoms with van der Waals surface area (Å²) in [6.07, 6.45) is 1.54. The first-order valence-corrected chi connectivity index (χ1v) is 9.19. The van der Waals surface area contributed by atoms with E-state index in [-0.39, 0.29) is 11.7 Å². The molecule has 0 aliphatic rings. The van der Waals surface area contributed by atoms with Crippen molar-refractivity contribution >= 4 is 11.9 Å². The topological polar surface area (TPSA) is 92.9 Å². The van der Waals surface area contributed by atoms with Gasteiger partial charge in [0.05, 0.1) is 11.8 Å². The van der Waals surface area contributed by atoms with E-state index >= 15 is 0 Å². The van der Waals surface area contributed by atoms with E-state index in [2.05, 4.69) is 25.8 Å². The normalized spacial score (nSPS) is 10.6. The van der Waals surface area contributed by atoms with E-state index in [9.17, 15) is 9.18 Å². The van der Waals surface area contributed by atoms with E-state index < -0.39 is 5.91 Å². The number of amides is 1. The van der Waals surface area contributed by atoms with Crippen molar-refractivity contribution in [1.29, 1.82) is 0 Å². The summed E-state index contributed by atoms with van der Waals surface area (Å²) in [4.78, 5) is 25.5. The summed E-state index contributed by atoms with van der Waals surface area (Å²) >= 11 is 0. The van der Waals surface area contributed by atoms with E-state index in [4.69, 9.17) is 4.42 Å². The number of aromatic nitrogens is 3. The van der Waals surface area contributed by atoms with Gasteiger partial charge in [-0.25, -0.2) is 19.3 Å². The highest BCUT2D eigenvalue weighted by Gasteiger charge is 2.17. The Morgan fingerprint density at radius 3 is 2.43 bits per heavy atom. The van der Waals surface area contributed by atoms with Gasteiger partial charge in [0.15, 0.2) is 5.76 Å². The fourth-order valence-electron chi connectivity index (χ4n) is 2.98. The number of halogens is 1. The Morgan fingerprint density at radius 2 is 1.70 bits per heavy atom. The number of nitrogens with one attached hydrogen (secondary N) is 2. The Hall–Kier alpha value is -4.07. The Balaban J connectivity index is 1.56. The zero-order valence-electron chi connectivity index (χ0n) is 16.3. The lowest BCUT2D eigenvalue weighted by Crippen LogP contribution is -2.31. The average Bonchev–Trinajstić information content (AvgIpc) is 3.22. The molecule has 0 aliphatic carbocycles. The summed E-state index contributed by atoms with van der Waals surface area (Å²) in [7, 11) is 0. The Bertz CT molecular complexity index is 1180. The van der Waals surface area contributed by atoms with Crippen LogP contribution in [0.2, 0.25) is 0 Å². The molecule has 0 spiro atoms. The summed E-state index contributed by atoms with van der Waals surface area (Å²) < 4.78 is 19.0. The van der Waals surface area contributed by atoms with Crippen molar-refractivity contribution in [1.82, 2.24) is 20.4 Å². The molecular formula is C22H18FN5O2. The van der Waals surface area contributed by atoms with Gasteiger partial charge in [-0.05, 0) is 56.3 Å². The number of anilines is 1. The Labute approximate surface area is 172 Å². The fraction of sp³-hybridized carbons (Fsp3) is 0.0909. The predicted octanol–water partition coefficient (Wildman–Crippen LogP) is 4.31. The summed E-state index contributed by atoms with van der Waals surface area (Å²) in [6, 6.07) is 14.7. The van der Waals surface area contributed by atoms with Gasteiger partial charge in [0.1, 0.15) is 5.82 Å². The monoisotopic (exact) mass is 403 g/mol. The number of carbonyl (C=O) groups is 1. The molecule has 4 rings (SSSR count). The standard InChI is InChI=1S/C22H18FN5O2/c1-13-11-14(2)26-22(25-13)28-27-20(29)17-5-3-4-6-18(17)21-24-12-19(30-21)15-7-9-16(23)10-8-15/h3-12H,1-2H3,(H,27,29)(H,25,26,28). The third-order valence-corrected chi connectivity index (χ3v) is 4.31. The second kappa shape index (κ2) is 8.12. The van der Waals surface area contributed by atoms with Crippen LogP contribution in [0.5, 0.6) is 0 Å². The second-order valence-electron chi connectivity index (χ2n) is 6.64. The molecule has 8 heteroatoms. The fourth-order valence-corrected chi connectivity index (χ4v) is 2.98.